The summed E-state index contributed by atoms with van der Waals surface area (Å²) in [6, 6.07) is 16.3. The topological polar surface area (TPSA) is 61.0 Å². The molecule has 2 heterocycles. The van der Waals surface area contributed by atoms with Crippen molar-refractivity contribution in [2.45, 2.75) is 6.42 Å². The van der Waals surface area contributed by atoms with Crippen molar-refractivity contribution in [1.82, 2.24) is 15.5 Å². The Labute approximate surface area is 157 Å². The summed E-state index contributed by atoms with van der Waals surface area (Å²) >= 11 is 0. The predicted octanol–water partition coefficient (Wildman–Crippen LogP) is 3.47. The van der Waals surface area contributed by atoms with Gasteiger partial charge in [0.15, 0.2) is 0 Å². The van der Waals surface area contributed by atoms with Gasteiger partial charge in [0.2, 0.25) is 0 Å². The molecule has 0 unspecified atom stereocenters. The lowest BCUT2D eigenvalue weighted by Crippen LogP contribution is -2.31. The number of hydrogen-bond acceptors (Lipinski definition) is 3. The summed E-state index contributed by atoms with van der Waals surface area (Å²) in [5.41, 5.74) is 3.23. The lowest BCUT2D eigenvalue weighted by molar-refractivity contribution is 0.0949. The van der Waals surface area contributed by atoms with Gasteiger partial charge in [0, 0.05) is 30.9 Å². The maximum atomic E-state index is 13.1. The van der Waals surface area contributed by atoms with E-state index in [0.717, 1.165) is 36.5 Å². The monoisotopic (exact) mass is 364 g/mol. The van der Waals surface area contributed by atoms with Crippen LogP contribution in [0.3, 0.4) is 0 Å². The molecule has 0 saturated carbocycles. The molecule has 1 atom stereocenters. The number of anilines is 1. The molecule has 6 heteroatoms. The SMILES string of the molecule is O=C(NC[C@@H]1CCN(c2ccc(F)cc2)C1)c1cn[nH]c1-c1ccccc1. The van der Waals surface area contributed by atoms with Gasteiger partial charge in [0.1, 0.15) is 5.82 Å². The Morgan fingerprint density at radius 3 is 2.74 bits per heavy atom. The Balaban J connectivity index is 1.35. The number of benzene rings is 2. The zero-order valence-corrected chi connectivity index (χ0v) is 14.9. The zero-order chi connectivity index (χ0) is 18.6. The van der Waals surface area contributed by atoms with E-state index in [9.17, 15) is 9.18 Å². The van der Waals surface area contributed by atoms with Crippen LogP contribution in [0.15, 0.2) is 60.8 Å². The Bertz CT molecular complexity index is 907. The molecule has 0 aliphatic carbocycles. The molecular formula is C21H21FN4O. The van der Waals surface area contributed by atoms with Crippen LogP contribution in [0, 0.1) is 11.7 Å². The van der Waals surface area contributed by atoms with E-state index in [1.165, 1.54) is 12.1 Å². The van der Waals surface area contributed by atoms with Crippen LogP contribution in [0.5, 0.6) is 0 Å². The number of amides is 1. The number of nitrogens with zero attached hydrogens (tertiary/aromatic N) is 2. The molecular weight excluding hydrogens is 343 g/mol. The maximum absolute atomic E-state index is 13.1. The molecule has 0 radical (unpaired) electrons. The van der Waals surface area contributed by atoms with Crippen LogP contribution in [0.1, 0.15) is 16.8 Å². The molecule has 138 valence electrons. The number of carbonyl (C=O) groups is 1. The Morgan fingerprint density at radius 1 is 1.19 bits per heavy atom. The van der Waals surface area contributed by atoms with Gasteiger partial charge in [-0.3, -0.25) is 9.89 Å². The van der Waals surface area contributed by atoms with Crippen molar-refractivity contribution < 1.29 is 9.18 Å². The average molecular weight is 364 g/mol. The Hall–Kier alpha value is -3.15. The fourth-order valence-electron chi connectivity index (χ4n) is 3.50. The van der Waals surface area contributed by atoms with Gasteiger partial charge < -0.3 is 10.2 Å². The third-order valence-electron chi connectivity index (χ3n) is 4.98. The Morgan fingerprint density at radius 2 is 1.96 bits per heavy atom. The second-order valence-corrected chi connectivity index (χ2v) is 6.81. The fourth-order valence-corrected chi connectivity index (χ4v) is 3.50. The minimum absolute atomic E-state index is 0.122. The smallest absolute Gasteiger partial charge is 0.255 e. The van der Waals surface area contributed by atoms with Crippen LogP contribution in [0.4, 0.5) is 10.1 Å². The first-order chi connectivity index (χ1) is 13.2. The number of rotatable bonds is 5. The first-order valence-electron chi connectivity index (χ1n) is 9.08. The van der Waals surface area contributed by atoms with E-state index < -0.39 is 0 Å². The molecule has 0 spiro atoms. The molecule has 1 saturated heterocycles. The second-order valence-electron chi connectivity index (χ2n) is 6.81. The minimum atomic E-state index is -0.226. The van der Waals surface area contributed by atoms with Gasteiger partial charge in [-0.25, -0.2) is 4.39 Å². The lowest BCUT2D eigenvalue weighted by atomic mass is 10.1. The lowest BCUT2D eigenvalue weighted by Gasteiger charge is -2.18. The maximum Gasteiger partial charge on any atom is 0.255 e. The molecule has 2 N–H and O–H groups in total. The molecule has 1 fully saturated rings. The number of nitrogens with one attached hydrogen (secondary N) is 2. The van der Waals surface area contributed by atoms with Gasteiger partial charge in [0.05, 0.1) is 17.5 Å². The number of H-pyrrole nitrogens is 1. The molecule has 27 heavy (non-hydrogen) atoms. The molecule has 3 aromatic rings. The van der Waals surface area contributed by atoms with Crippen molar-refractivity contribution >= 4 is 11.6 Å². The largest absolute Gasteiger partial charge is 0.371 e. The van der Waals surface area contributed by atoms with Crippen LogP contribution in [0.25, 0.3) is 11.3 Å². The number of halogens is 1. The van der Waals surface area contributed by atoms with Crippen LogP contribution in [-0.4, -0.2) is 35.7 Å². The van der Waals surface area contributed by atoms with Crippen molar-refractivity contribution in [3.63, 3.8) is 0 Å². The van der Waals surface area contributed by atoms with Crippen LogP contribution in [-0.2, 0) is 0 Å². The van der Waals surface area contributed by atoms with Crippen molar-refractivity contribution in [3.05, 3.63) is 72.2 Å². The minimum Gasteiger partial charge on any atom is -0.371 e. The highest BCUT2D eigenvalue weighted by Crippen LogP contribution is 2.24. The highest BCUT2D eigenvalue weighted by Gasteiger charge is 2.24. The molecule has 5 nitrogen and oxygen atoms in total. The van der Waals surface area contributed by atoms with Crippen LogP contribution in [0.2, 0.25) is 0 Å². The molecule has 1 amide bonds. The Kier molecular flexibility index (Phi) is 4.87. The summed E-state index contributed by atoms with van der Waals surface area (Å²) in [6.45, 7) is 2.37. The van der Waals surface area contributed by atoms with Crippen molar-refractivity contribution in [1.29, 1.82) is 0 Å². The third-order valence-corrected chi connectivity index (χ3v) is 4.98. The van der Waals surface area contributed by atoms with E-state index in [4.69, 9.17) is 0 Å². The van der Waals surface area contributed by atoms with Gasteiger partial charge in [-0.2, -0.15) is 5.10 Å². The van der Waals surface area contributed by atoms with E-state index in [-0.39, 0.29) is 11.7 Å². The predicted molar refractivity (Wildman–Crippen MR) is 103 cm³/mol. The summed E-state index contributed by atoms with van der Waals surface area (Å²) in [4.78, 5) is 14.8. The molecule has 4 rings (SSSR count). The van der Waals surface area contributed by atoms with E-state index in [1.54, 1.807) is 18.3 Å². The quantitative estimate of drug-likeness (QED) is 0.729. The zero-order valence-electron chi connectivity index (χ0n) is 14.9. The number of hydrogen-bond donors (Lipinski definition) is 2. The molecule has 1 aromatic heterocycles. The number of aromatic nitrogens is 2. The van der Waals surface area contributed by atoms with Crippen LogP contribution >= 0.6 is 0 Å². The molecule has 1 aliphatic rings. The van der Waals surface area contributed by atoms with E-state index in [0.29, 0.717) is 18.0 Å². The summed E-state index contributed by atoms with van der Waals surface area (Å²) < 4.78 is 13.1. The van der Waals surface area contributed by atoms with Gasteiger partial charge in [0.25, 0.3) is 5.91 Å². The van der Waals surface area contributed by atoms with Gasteiger partial charge in [-0.1, -0.05) is 30.3 Å². The van der Waals surface area contributed by atoms with Gasteiger partial charge in [-0.15, -0.1) is 0 Å². The summed E-state index contributed by atoms with van der Waals surface area (Å²) in [5, 5.41) is 9.98. The number of carbonyl (C=O) groups excluding carboxylic acids is 1. The summed E-state index contributed by atoms with van der Waals surface area (Å²) in [7, 11) is 0. The van der Waals surface area contributed by atoms with E-state index >= 15 is 0 Å². The van der Waals surface area contributed by atoms with Crippen molar-refractivity contribution in [3.8, 4) is 11.3 Å². The second kappa shape index (κ2) is 7.61. The highest BCUT2D eigenvalue weighted by atomic mass is 19.1. The molecule has 1 aliphatic heterocycles. The summed E-state index contributed by atoms with van der Waals surface area (Å²) in [6.07, 6.45) is 2.56. The first kappa shape index (κ1) is 17.3. The summed E-state index contributed by atoms with van der Waals surface area (Å²) in [5.74, 6) is 0.0185. The standard InChI is InChI=1S/C21H21FN4O/c22-17-6-8-18(9-7-17)26-11-10-15(14-26)12-23-21(27)19-13-24-25-20(19)16-4-2-1-3-5-16/h1-9,13,15H,10-12,14H2,(H,23,27)(H,24,25)/t15-/m0/s1. The fraction of sp³-hybridized carbons (Fsp3) is 0.238. The first-order valence-corrected chi connectivity index (χ1v) is 9.08. The highest BCUT2D eigenvalue weighted by molar-refractivity contribution is 5.99. The van der Waals surface area contributed by atoms with Gasteiger partial charge in [-0.05, 0) is 36.6 Å². The van der Waals surface area contributed by atoms with E-state index in [1.807, 2.05) is 30.3 Å². The molecule has 2 aromatic carbocycles. The third kappa shape index (κ3) is 3.84. The average Bonchev–Trinajstić information content (AvgIpc) is 3.37. The van der Waals surface area contributed by atoms with Crippen LogP contribution < -0.4 is 10.2 Å². The number of aromatic amines is 1. The molecule has 0 bridgehead atoms. The van der Waals surface area contributed by atoms with Gasteiger partial charge >= 0.3 is 0 Å². The van der Waals surface area contributed by atoms with E-state index in [2.05, 4.69) is 20.4 Å². The van der Waals surface area contributed by atoms with Crippen molar-refractivity contribution in [2.24, 2.45) is 5.92 Å². The van der Waals surface area contributed by atoms with Crippen molar-refractivity contribution in [2.75, 3.05) is 24.5 Å². The normalized spacial score (nSPS) is 16.5.